The van der Waals surface area contributed by atoms with Crippen LogP contribution < -0.4 is 10.6 Å². The zero-order valence-corrected chi connectivity index (χ0v) is 20.4. The van der Waals surface area contributed by atoms with Crippen LogP contribution in [0.2, 0.25) is 0 Å². The highest BCUT2D eigenvalue weighted by atomic mass is 16.2. The van der Waals surface area contributed by atoms with Crippen LogP contribution in [0.5, 0.6) is 0 Å². The van der Waals surface area contributed by atoms with E-state index in [1.807, 2.05) is 38.1 Å². The van der Waals surface area contributed by atoms with Gasteiger partial charge in [-0.25, -0.2) is 0 Å². The Hall–Kier alpha value is -3.16. The van der Waals surface area contributed by atoms with Crippen LogP contribution in [0.3, 0.4) is 0 Å². The Kier molecular flexibility index (Phi) is 7.05. The predicted octanol–water partition coefficient (Wildman–Crippen LogP) is 3.77. The van der Waals surface area contributed by atoms with E-state index in [1.54, 1.807) is 11.0 Å². The van der Waals surface area contributed by atoms with Gasteiger partial charge in [-0.1, -0.05) is 51.3 Å². The number of para-hydroxylation sites is 1. The van der Waals surface area contributed by atoms with Crippen molar-refractivity contribution in [2.45, 2.75) is 83.8 Å². The van der Waals surface area contributed by atoms with Crippen LogP contribution in [0.15, 0.2) is 30.3 Å². The molecule has 0 bridgehead atoms. The summed E-state index contributed by atoms with van der Waals surface area (Å²) in [6.45, 7) is 6.61. The van der Waals surface area contributed by atoms with Crippen LogP contribution in [0.1, 0.15) is 85.8 Å². The molecule has 0 spiro atoms. The first-order valence-corrected chi connectivity index (χ1v) is 12.5. The number of aryl methyl sites for hydroxylation is 1. The number of amides is 3. The van der Waals surface area contributed by atoms with Gasteiger partial charge in [-0.2, -0.15) is 5.10 Å². The first-order chi connectivity index (χ1) is 16.4. The maximum absolute atomic E-state index is 13.5. The van der Waals surface area contributed by atoms with Crippen molar-refractivity contribution in [2.75, 3.05) is 11.9 Å². The molecule has 1 atom stereocenters. The molecule has 2 aliphatic rings. The Morgan fingerprint density at radius 1 is 1.18 bits per heavy atom. The lowest BCUT2D eigenvalue weighted by atomic mass is 9.94. The summed E-state index contributed by atoms with van der Waals surface area (Å²) in [4.78, 5) is 41.6. The molecule has 2 aromatic rings. The number of fused-ring (bicyclic) bond motifs is 1. The number of hydrogen-bond donors (Lipinski definition) is 2. The number of nitrogens with zero attached hydrogens (tertiary/aromatic N) is 3. The van der Waals surface area contributed by atoms with Crippen molar-refractivity contribution in [1.82, 2.24) is 20.0 Å². The van der Waals surface area contributed by atoms with Gasteiger partial charge in [-0.15, -0.1) is 0 Å². The van der Waals surface area contributed by atoms with Gasteiger partial charge in [0, 0.05) is 24.3 Å². The summed E-state index contributed by atoms with van der Waals surface area (Å²) in [6.07, 6.45) is 6.67. The Bertz CT molecular complexity index is 1070. The van der Waals surface area contributed by atoms with Crippen LogP contribution in [0, 0.1) is 0 Å². The third-order valence-corrected chi connectivity index (χ3v) is 7.09. The van der Waals surface area contributed by atoms with Crippen LogP contribution in [0.4, 0.5) is 5.69 Å². The third kappa shape index (κ3) is 4.58. The second-order valence-electron chi connectivity index (χ2n) is 9.58. The maximum atomic E-state index is 13.5. The van der Waals surface area contributed by atoms with Crippen molar-refractivity contribution in [3.63, 3.8) is 0 Å². The molecular formula is C26H35N5O3. The second kappa shape index (κ2) is 9.99. The molecule has 3 amide bonds. The van der Waals surface area contributed by atoms with Gasteiger partial charge in [-0.3, -0.25) is 19.1 Å². The summed E-state index contributed by atoms with van der Waals surface area (Å²) in [6, 6.07) is 9.33. The summed E-state index contributed by atoms with van der Waals surface area (Å²) < 4.78 is 1.53. The molecule has 8 heteroatoms. The number of carbonyl (C=O) groups excluding carboxylic acids is 3. The normalized spacial score (nSPS) is 20.3. The van der Waals surface area contributed by atoms with E-state index in [2.05, 4.69) is 22.7 Å². The van der Waals surface area contributed by atoms with E-state index in [1.165, 1.54) is 4.68 Å². The van der Waals surface area contributed by atoms with Gasteiger partial charge in [0.15, 0.2) is 5.69 Å². The summed E-state index contributed by atoms with van der Waals surface area (Å²) in [5.74, 6) is -0.773. The topological polar surface area (TPSA) is 96.3 Å². The first-order valence-electron chi connectivity index (χ1n) is 12.5. The number of aromatic nitrogens is 2. The minimum Gasteiger partial charge on any atom is -0.351 e. The largest absolute Gasteiger partial charge is 0.351 e. The maximum Gasteiger partial charge on any atom is 0.276 e. The lowest BCUT2D eigenvalue weighted by molar-refractivity contribution is -0.133. The highest BCUT2D eigenvalue weighted by Crippen LogP contribution is 2.29. The number of unbranched alkanes of at least 4 members (excludes halogenated alkanes) is 1. The van der Waals surface area contributed by atoms with Gasteiger partial charge < -0.3 is 15.5 Å². The van der Waals surface area contributed by atoms with E-state index in [-0.39, 0.29) is 36.0 Å². The molecule has 1 fully saturated rings. The fourth-order valence-electron chi connectivity index (χ4n) is 4.97. The number of anilines is 1. The van der Waals surface area contributed by atoms with E-state index >= 15 is 0 Å². The average Bonchev–Trinajstić information content (AvgIpc) is 3.49. The Morgan fingerprint density at radius 3 is 2.62 bits per heavy atom. The Balaban J connectivity index is 1.60. The number of nitrogens with one attached hydrogen (secondary N) is 2. The number of benzene rings is 1. The molecule has 0 radical (unpaired) electrons. The van der Waals surface area contributed by atoms with E-state index < -0.39 is 5.54 Å². The zero-order chi connectivity index (χ0) is 24.3. The third-order valence-electron chi connectivity index (χ3n) is 7.09. The van der Waals surface area contributed by atoms with Crippen molar-refractivity contribution >= 4 is 23.4 Å². The van der Waals surface area contributed by atoms with Crippen molar-refractivity contribution < 1.29 is 14.4 Å². The molecule has 1 unspecified atom stereocenters. The van der Waals surface area contributed by atoms with Gasteiger partial charge in [0.1, 0.15) is 11.2 Å². The molecule has 4 rings (SSSR count). The number of carbonyl (C=O) groups is 3. The highest BCUT2D eigenvalue weighted by Gasteiger charge is 2.48. The molecule has 0 saturated heterocycles. The molecular weight excluding hydrogens is 430 g/mol. The fraction of sp³-hybridized carbons (Fsp3) is 0.538. The molecule has 34 heavy (non-hydrogen) atoms. The Morgan fingerprint density at radius 2 is 1.91 bits per heavy atom. The monoisotopic (exact) mass is 465 g/mol. The molecule has 1 saturated carbocycles. The molecule has 1 aromatic heterocycles. The van der Waals surface area contributed by atoms with Gasteiger partial charge in [-0.05, 0) is 44.2 Å². The average molecular weight is 466 g/mol. The van der Waals surface area contributed by atoms with Gasteiger partial charge in [0.25, 0.3) is 11.8 Å². The van der Waals surface area contributed by atoms with Gasteiger partial charge in [0.05, 0.1) is 6.54 Å². The SMILES string of the molecule is CCCCN1C(=O)c2cc(C(=O)Nc3ccccc3CC)nn2CC1(C)C(=O)NC1CCCC1. The summed E-state index contributed by atoms with van der Waals surface area (Å²) in [5, 5.41) is 10.5. The lowest BCUT2D eigenvalue weighted by Gasteiger charge is -2.43. The van der Waals surface area contributed by atoms with Crippen molar-refractivity contribution in [3.05, 3.63) is 47.3 Å². The molecule has 1 aliphatic heterocycles. The van der Waals surface area contributed by atoms with Crippen LogP contribution in [0.25, 0.3) is 0 Å². The van der Waals surface area contributed by atoms with Gasteiger partial charge >= 0.3 is 0 Å². The smallest absolute Gasteiger partial charge is 0.276 e. The standard InChI is InChI=1S/C26H35N5O3/c1-4-6-15-30-24(33)22-16-21(23(32)28-20-14-10-7-11-18(20)5-2)29-31(22)17-26(30,3)25(34)27-19-12-8-9-13-19/h7,10-11,14,16,19H,4-6,8-9,12-13,15,17H2,1-3H3,(H,27,34)(H,28,32). The minimum atomic E-state index is -1.06. The summed E-state index contributed by atoms with van der Waals surface area (Å²) in [5.41, 5.74) is 1.22. The second-order valence-corrected chi connectivity index (χ2v) is 9.58. The van der Waals surface area contributed by atoms with Crippen LogP contribution >= 0.6 is 0 Å². The molecule has 2 heterocycles. The predicted molar refractivity (Wildman–Crippen MR) is 131 cm³/mol. The van der Waals surface area contributed by atoms with Crippen molar-refractivity contribution in [2.24, 2.45) is 0 Å². The van der Waals surface area contributed by atoms with Crippen LogP contribution in [-0.2, 0) is 17.8 Å². The highest BCUT2D eigenvalue weighted by molar-refractivity contribution is 6.06. The van der Waals surface area contributed by atoms with Crippen LogP contribution in [-0.4, -0.2) is 50.5 Å². The first kappa shape index (κ1) is 24.0. The molecule has 2 N–H and O–H groups in total. The zero-order valence-electron chi connectivity index (χ0n) is 20.4. The Labute approximate surface area is 201 Å². The molecule has 1 aliphatic carbocycles. The molecule has 1 aromatic carbocycles. The van der Waals surface area contributed by atoms with Gasteiger partial charge in [0.2, 0.25) is 5.91 Å². The number of hydrogen-bond acceptors (Lipinski definition) is 4. The molecule has 8 nitrogen and oxygen atoms in total. The van der Waals surface area contributed by atoms with Crippen molar-refractivity contribution in [3.8, 4) is 0 Å². The molecule has 182 valence electrons. The van der Waals surface area contributed by atoms with E-state index in [9.17, 15) is 14.4 Å². The quantitative estimate of drug-likeness (QED) is 0.620. The van der Waals surface area contributed by atoms with E-state index in [0.717, 1.165) is 56.2 Å². The van der Waals surface area contributed by atoms with E-state index in [4.69, 9.17) is 0 Å². The minimum absolute atomic E-state index is 0.145. The fourth-order valence-corrected chi connectivity index (χ4v) is 4.97. The van der Waals surface area contributed by atoms with Crippen molar-refractivity contribution in [1.29, 1.82) is 0 Å². The number of rotatable bonds is 8. The summed E-state index contributed by atoms with van der Waals surface area (Å²) >= 11 is 0. The lowest BCUT2D eigenvalue weighted by Crippen LogP contribution is -2.65. The summed E-state index contributed by atoms with van der Waals surface area (Å²) in [7, 11) is 0. The van der Waals surface area contributed by atoms with E-state index in [0.29, 0.717) is 12.2 Å².